The lowest BCUT2D eigenvalue weighted by Gasteiger charge is -2.08. The lowest BCUT2D eigenvalue weighted by molar-refractivity contribution is -0.156. The molecule has 0 bridgehead atoms. The molecule has 0 aliphatic rings. The van der Waals surface area contributed by atoms with Gasteiger partial charge in [-0.05, 0) is 13.0 Å². The van der Waals surface area contributed by atoms with Crippen molar-refractivity contribution in [2.75, 3.05) is 7.11 Å². The number of carbonyl (C=O) groups excluding carboxylic acids is 1. The van der Waals surface area contributed by atoms with Crippen LogP contribution in [0.1, 0.15) is 12.6 Å². The Morgan fingerprint density at radius 3 is 2.70 bits per heavy atom. The zero-order valence-corrected chi connectivity index (χ0v) is 11.4. The number of fused-ring (bicyclic) bond motifs is 1. The minimum Gasteiger partial charge on any atom is -0.481 e. The first-order valence-electron chi connectivity index (χ1n) is 6.33. The van der Waals surface area contributed by atoms with E-state index in [0.29, 0.717) is 12.2 Å². The van der Waals surface area contributed by atoms with Gasteiger partial charge >= 0.3 is 11.9 Å². The van der Waals surface area contributed by atoms with Gasteiger partial charge in [0, 0.05) is 18.4 Å². The number of hydrogen-bond acceptors (Lipinski definition) is 4. The van der Waals surface area contributed by atoms with Crippen LogP contribution >= 0.6 is 0 Å². The molecule has 0 saturated carbocycles. The molecule has 1 atom stereocenters. The van der Waals surface area contributed by atoms with E-state index in [1.165, 1.54) is 7.11 Å². The maximum absolute atomic E-state index is 11.5. The summed E-state index contributed by atoms with van der Waals surface area (Å²) in [4.78, 5) is 22.7. The van der Waals surface area contributed by atoms with Crippen molar-refractivity contribution in [1.29, 1.82) is 0 Å². The van der Waals surface area contributed by atoms with E-state index < -0.39 is 17.9 Å². The second-order valence-corrected chi connectivity index (χ2v) is 4.40. The van der Waals surface area contributed by atoms with Crippen LogP contribution in [-0.2, 0) is 27.3 Å². The fourth-order valence-corrected chi connectivity index (χ4v) is 2.20. The first-order chi connectivity index (χ1) is 9.58. The Kier molecular flexibility index (Phi) is 4.02. The number of ether oxygens (including phenoxy) is 1. The molecular formula is C14H16N2O4. The van der Waals surface area contributed by atoms with Gasteiger partial charge in [0.05, 0.1) is 18.3 Å². The first kappa shape index (κ1) is 14.0. The van der Waals surface area contributed by atoms with Crippen LogP contribution in [0.3, 0.4) is 0 Å². The Bertz CT molecular complexity index is 648. The third kappa shape index (κ3) is 2.49. The molecule has 1 heterocycles. The summed E-state index contributed by atoms with van der Waals surface area (Å²) >= 11 is 0. The number of hydrogen-bond donors (Lipinski definition) is 1. The number of aromatic nitrogens is 2. The van der Waals surface area contributed by atoms with Crippen LogP contribution in [0.4, 0.5) is 0 Å². The second kappa shape index (κ2) is 5.73. The molecule has 0 spiro atoms. The van der Waals surface area contributed by atoms with E-state index >= 15 is 0 Å². The summed E-state index contributed by atoms with van der Waals surface area (Å²) in [5.41, 5.74) is 1.53. The first-order valence-corrected chi connectivity index (χ1v) is 6.33. The third-order valence-electron chi connectivity index (χ3n) is 3.22. The van der Waals surface area contributed by atoms with Gasteiger partial charge in [0.25, 0.3) is 0 Å². The van der Waals surface area contributed by atoms with Gasteiger partial charge in [-0.15, -0.1) is 0 Å². The topological polar surface area (TPSA) is 81.4 Å². The monoisotopic (exact) mass is 276 g/mol. The summed E-state index contributed by atoms with van der Waals surface area (Å²) in [5.74, 6) is -3.19. The molecule has 1 aromatic heterocycles. The van der Waals surface area contributed by atoms with Gasteiger partial charge in [-0.25, -0.2) is 0 Å². The molecule has 2 aromatic rings. The van der Waals surface area contributed by atoms with E-state index in [0.717, 1.165) is 10.9 Å². The maximum atomic E-state index is 11.5. The number of esters is 1. The Morgan fingerprint density at radius 2 is 2.10 bits per heavy atom. The highest BCUT2D eigenvalue weighted by Gasteiger charge is 2.29. The minimum atomic E-state index is -1.23. The zero-order chi connectivity index (χ0) is 14.7. The number of carbonyl (C=O) groups is 2. The molecule has 1 aromatic carbocycles. The highest BCUT2D eigenvalue weighted by molar-refractivity contribution is 5.95. The van der Waals surface area contributed by atoms with Crippen LogP contribution in [0.2, 0.25) is 0 Å². The minimum absolute atomic E-state index is 0.0233. The van der Waals surface area contributed by atoms with Crippen LogP contribution in [0.5, 0.6) is 0 Å². The summed E-state index contributed by atoms with van der Waals surface area (Å²) in [6.45, 7) is 2.63. The van der Waals surface area contributed by atoms with Crippen molar-refractivity contribution in [1.82, 2.24) is 9.78 Å². The predicted molar refractivity (Wildman–Crippen MR) is 72.3 cm³/mol. The number of methoxy groups -OCH3 is 1. The molecule has 6 heteroatoms. The quantitative estimate of drug-likeness (QED) is 0.660. The highest BCUT2D eigenvalue weighted by Crippen LogP contribution is 2.21. The molecule has 2 rings (SSSR count). The smallest absolute Gasteiger partial charge is 0.320 e. The molecule has 0 saturated heterocycles. The molecule has 0 radical (unpaired) electrons. The fraction of sp³-hybridized carbons (Fsp3) is 0.357. The molecule has 1 N–H and O–H groups in total. The molecule has 0 aliphatic carbocycles. The fourth-order valence-electron chi connectivity index (χ4n) is 2.20. The Labute approximate surface area is 116 Å². The molecule has 6 nitrogen and oxygen atoms in total. The van der Waals surface area contributed by atoms with E-state index in [2.05, 4.69) is 9.84 Å². The summed E-state index contributed by atoms with van der Waals surface area (Å²) in [6.07, 6.45) is 0.0233. The maximum Gasteiger partial charge on any atom is 0.320 e. The van der Waals surface area contributed by atoms with Crippen molar-refractivity contribution in [3.05, 3.63) is 30.0 Å². The van der Waals surface area contributed by atoms with Gasteiger partial charge in [-0.3, -0.25) is 14.3 Å². The molecule has 1 unspecified atom stereocenters. The van der Waals surface area contributed by atoms with Crippen molar-refractivity contribution in [3.63, 3.8) is 0 Å². The van der Waals surface area contributed by atoms with Crippen molar-refractivity contribution in [2.24, 2.45) is 5.92 Å². The zero-order valence-electron chi connectivity index (χ0n) is 11.4. The van der Waals surface area contributed by atoms with Gasteiger partial charge in [0.15, 0.2) is 5.92 Å². The van der Waals surface area contributed by atoms with Gasteiger partial charge in [-0.1, -0.05) is 18.2 Å². The van der Waals surface area contributed by atoms with E-state index in [1.807, 2.05) is 31.2 Å². The van der Waals surface area contributed by atoms with Crippen molar-refractivity contribution < 1.29 is 19.4 Å². The number of para-hydroxylation sites is 1. The highest BCUT2D eigenvalue weighted by atomic mass is 16.5. The predicted octanol–water partition coefficient (Wildman–Crippen LogP) is 1.47. The van der Waals surface area contributed by atoms with Gasteiger partial charge in [0.1, 0.15) is 0 Å². The number of benzene rings is 1. The average molecular weight is 276 g/mol. The van der Waals surface area contributed by atoms with Crippen LogP contribution in [0.25, 0.3) is 10.9 Å². The van der Waals surface area contributed by atoms with Gasteiger partial charge < -0.3 is 9.84 Å². The molecule has 0 fully saturated rings. The lowest BCUT2D eigenvalue weighted by Crippen LogP contribution is -2.27. The summed E-state index contributed by atoms with van der Waals surface area (Å²) in [7, 11) is 1.18. The molecule has 0 aliphatic heterocycles. The van der Waals surface area contributed by atoms with Gasteiger partial charge in [0.2, 0.25) is 0 Å². The number of aryl methyl sites for hydroxylation is 1. The third-order valence-corrected chi connectivity index (χ3v) is 3.22. The van der Waals surface area contributed by atoms with E-state index in [9.17, 15) is 9.59 Å². The Morgan fingerprint density at radius 1 is 1.40 bits per heavy atom. The second-order valence-electron chi connectivity index (χ2n) is 4.40. The van der Waals surface area contributed by atoms with Crippen molar-refractivity contribution in [2.45, 2.75) is 19.9 Å². The van der Waals surface area contributed by atoms with Crippen LogP contribution < -0.4 is 0 Å². The SMILES string of the molecule is CCn1nc(CC(C(=O)O)C(=O)OC)c2ccccc21. The van der Waals surface area contributed by atoms with Crippen molar-refractivity contribution >= 4 is 22.8 Å². The summed E-state index contributed by atoms with van der Waals surface area (Å²) in [6, 6.07) is 7.56. The largest absolute Gasteiger partial charge is 0.481 e. The van der Waals surface area contributed by atoms with Crippen LogP contribution in [0, 0.1) is 5.92 Å². The molecular weight excluding hydrogens is 260 g/mol. The van der Waals surface area contributed by atoms with E-state index in [4.69, 9.17) is 5.11 Å². The average Bonchev–Trinajstić information content (AvgIpc) is 2.81. The molecule has 20 heavy (non-hydrogen) atoms. The Balaban J connectivity index is 2.42. The summed E-state index contributed by atoms with van der Waals surface area (Å²) < 4.78 is 6.33. The van der Waals surface area contributed by atoms with Crippen LogP contribution in [0.15, 0.2) is 24.3 Å². The molecule has 106 valence electrons. The van der Waals surface area contributed by atoms with E-state index in [1.54, 1.807) is 4.68 Å². The molecule has 0 amide bonds. The number of carboxylic acid groups (broad SMARTS) is 1. The lowest BCUT2D eigenvalue weighted by atomic mass is 10.0. The number of aliphatic carboxylic acids is 1. The Hall–Kier alpha value is -2.37. The summed E-state index contributed by atoms with van der Waals surface area (Å²) in [5, 5.41) is 14.4. The number of carboxylic acids is 1. The normalized spacial score (nSPS) is 12.3. The van der Waals surface area contributed by atoms with E-state index in [-0.39, 0.29) is 6.42 Å². The van der Waals surface area contributed by atoms with Crippen molar-refractivity contribution in [3.8, 4) is 0 Å². The number of nitrogens with zero attached hydrogens (tertiary/aromatic N) is 2. The number of rotatable bonds is 5. The standard InChI is InChI=1S/C14H16N2O4/c1-3-16-12-7-5-4-6-9(12)11(15-16)8-10(13(17)18)14(19)20-2/h4-7,10H,3,8H2,1-2H3,(H,17,18). The van der Waals surface area contributed by atoms with Crippen LogP contribution in [-0.4, -0.2) is 33.9 Å². The van der Waals surface area contributed by atoms with Gasteiger partial charge in [-0.2, -0.15) is 5.10 Å².